The highest BCUT2D eigenvalue weighted by molar-refractivity contribution is 5.78. The Morgan fingerprint density at radius 1 is 1.24 bits per heavy atom. The number of carbonyl (C=O) groups is 2. The molecule has 1 aliphatic rings. The van der Waals surface area contributed by atoms with E-state index in [1.807, 2.05) is 45.6 Å². The van der Waals surface area contributed by atoms with E-state index in [0.29, 0.717) is 24.7 Å². The maximum absolute atomic E-state index is 13.0. The van der Waals surface area contributed by atoms with Gasteiger partial charge in [-0.3, -0.25) is 4.79 Å². The van der Waals surface area contributed by atoms with Crippen molar-refractivity contribution in [3.8, 4) is 0 Å². The van der Waals surface area contributed by atoms with Crippen LogP contribution in [0.1, 0.15) is 57.2 Å². The quantitative estimate of drug-likeness (QED) is 0.841. The lowest BCUT2D eigenvalue weighted by molar-refractivity contribution is -0.134. The Labute approximate surface area is 170 Å². The van der Waals surface area contributed by atoms with Crippen molar-refractivity contribution >= 4 is 17.8 Å². The van der Waals surface area contributed by atoms with Gasteiger partial charge in [0.2, 0.25) is 5.91 Å². The van der Waals surface area contributed by atoms with Crippen LogP contribution in [0.4, 0.5) is 4.79 Å². The number of nitrogens with one attached hydrogen (secondary N) is 1. The number of amides is 2. The van der Waals surface area contributed by atoms with E-state index in [-0.39, 0.29) is 18.4 Å². The highest BCUT2D eigenvalue weighted by atomic mass is 16.6. The Balaban J connectivity index is 1.65. The summed E-state index contributed by atoms with van der Waals surface area (Å²) in [5, 5.41) is 7.23. The molecule has 1 saturated heterocycles. The molecule has 0 aliphatic carbocycles. The molecule has 0 saturated carbocycles. The number of hydrogen-bond acceptors (Lipinski definition) is 6. The fraction of sp³-hybridized carbons (Fsp3) is 0.650. The fourth-order valence-electron chi connectivity index (χ4n) is 3.58. The van der Waals surface area contributed by atoms with Gasteiger partial charge in [0.15, 0.2) is 5.82 Å². The molecule has 0 spiro atoms. The van der Waals surface area contributed by atoms with E-state index in [0.717, 1.165) is 30.7 Å². The number of likely N-dealkylation sites (tertiary alicyclic amines) is 1. The van der Waals surface area contributed by atoms with Crippen LogP contribution < -0.4 is 5.32 Å². The molecule has 9 heteroatoms. The summed E-state index contributed by atoms with van der Waals surface area (Å²) in [6, 6.07) is 1.87. The second-order valence-corrected chi connectivity index (χ2v) is 8.58. The number of alkyl carbamates (subject to hydrolysis) is 1. The van der Waals surface area contributed by atoms with Gasteiger partial charge in [-0.2, -0.15) is 4.98 Å². The Morgan fingerprint density at radius 3 is 2.72 bits per heavy atom. The number of aromatic nitrogens is 4. The van der Waals surface area contributed by atoms with Crippen LogP contribution in [0, 0.1) is 13.8 Å². The molecule has 2 aromatic rings. The van der Waals surface area contributed by atoms with Crippen molar-refractivity contribution in [1.29, 1.82) is 0 Å². The molecule has 0 bridgehead atoms. The normalized spacial score (nSPS) is 17.4. The summed E-state index contributed by atoms with van der Waals surface area (Å²) >= 11 is 0. The largest absolute Gasteiger partial charge is 0.444 e. The van der Waals surface area contributed by atoms with Crippen LogP contribution in [-0.2, 0) is 16.0 Å². The van der Waals surface area contributed by atoms with E-state index in [1.54, 1.807) is 4.52 Å². The number of carbonyl (C=O) groups excluding carboxylic acids is 2. The lowest BCUT2D eigenvalue weighted by Gasteiger charge is -2.36. The third kappa shape index (κ3) is 5.42. The van der Waals surface area contributed by atoms with E-state index in [2.05, 4.69) is 20.4 Å². The molecular weight excluding hydrogens is 372 g/mol. The lowest BCUT2D eigenvalue weighted by Crippen LogP contribution is -2.50. The van der Waals surface area contributed by atoms with Gasteiger partial charge >= 0.3 is 6.09 Å². The van der Waals surface area contributed by atoms with Gasteiger partial charge in [-0.25, -0.2) is 14.3 Å². The molecule has 1 aliphatic heterocycles. The van der Waals surface area contributed by atoms with Gasteiger partial charge in [-0.15, -0.1) is 5.10 Å². The average Bonchev–Trinajstić information content (AvgIpc) is 3.01. The standard InChI is InChI=1S/C20H30N6O3/c1-13-10-14(2)26-18(22-13)23-16(24-26)11-17(27)25-9-7-6-8-15(25)12-21-19(28)29-20(3,4)5/h10,15H,6-9,11-12H2,1-5H3,(H,21,28). The maximum Gasteiger partial charge on any atom is 0.407 e. The highest BCUT2D eigenvalue weighted by Crippen LogP contribution is 2.18. The smallest absolute Gasteiger partial charge is 0.407 e. The molecule has 1 unspecified atom stereocenters. The minimum Gasteiger partial charge on any atom is -0.444 e. The molecule has 2 amide bonds. The van der Waals surface area contributed by atoms with Crippen molar-refractivity contribution in [2.24, 2.45) is 0 Å². The van der Waals surface area contributed by atoms with Crippen molar-refractivity contribution in [3.63, 3.8) is 0 Å². The van der Waals surface area contributed by atoms with Crippen molar-refractivity contribution < 1.29 is 14.3 Å². The van der Waals surface area contributed by atoms with E-state index in [1.165, 1.54) is 0 Å². The Bertz CT molecular complexity index is 901. The molecule has 3 heterocycles. The lowest BCUT2D eigenvalue weighted by atomic mass is 10.0. The third-order valence-corrected chi connectivity index (χ3v) is 4.80. The number of ether oxygens (including phenoxy) is 1. The predicted octanol–water partition coefficient (Wildman–Crippen LogP) is 2.19. The summed E-state index contributed by atoms with van der Waals surface area (Å²) in [4.78, 5) is 35.5. The van der Waals surface area contributed by atoms with Crippen molar-refractivity contribution in [2.45, 2.75) is 71.9 Å². The van der Waals surface area contributed by atoms with Crippen LogP contribution >= 0.6 is 0 Å². The van der Waals surface area contributed by atoms with E-state index < -0.39 is 11.7 Å². The van der Waals surface area contributed by atoms with Crippen LogP contribution in [0.2, 0.25) is 0 Å². The zero-order valence-electron chi connectivity index (χ0n) is 17.9. The number of aryl methyl sites for hydroxylation is 2. The second kappa shape index (κ2) is 8.34. The van der Waals surface area contributed by atoms with Crippen molar-refractivity contribution in [2.75, 3.05) is 13.1 Å². The highest BCUT2D eigenvalue weighted by Gasteiger charge is 2.28. The van der Waals surface area contributed by atoms with Gasteiger partial charge in [0.05, 0.1) is 6.42 Å². The number of nitrogens with zero attached hydrogens (tertiary/aromatic N) is 5. The molecule has 0 aromatic carbocycles. The molecular formula is C20H30N6O3. The molecule has 0 radical (unpaired) electrons. The molecule has 2 aromatic heterocycles. The van der Waals surface area contributed by atoms with Crippen LogP contribution in [0.15, 0.2) is 6.07 Å². The molecule has 1 N–H and O–H groups in total. The number of hydrogen-bond donors (Lipinski definition) is 1. The monoisotopic (exact) mass is 402 g/mol. The Morgan fingerprint density at radius 2 is 2.00 bits per heavy atom. The van der Waals surface area contributed by atoms with E-state index >= 15 is 0 Å². The first kappa shape index (κ1) is 21.0. The summed E-state index contributed by atoms with van der Waals surface area (Å²) in [5.41, 5.74) is 1.24. The van der Waals surface area contributed by atoms with Crippen LogP contribution in [0.25, 0.3) is 5.78 Å². The average molecular weight is 402 g/mol. The van der Waals surface area contributed by atoms with E-state index in [9.17, 15) is 9.59 Å². The van der Waals surface area contributed by atoms with Crippen LogP contribution in [-0.4, -0.2) is 61.2 Å². The SMILES string of the molecule is Cc1cc(C)n2nc(CC(=O)N3CCCCC3CNC(=O)OC(C)(C)C)nc2n1. The fourth-order valence-corrected chi connectivity index (χ4v) is 3.58. The molecule has 3 rings (SSSR count). The van der Waals surface area contributed by atoms with Gasteiger partial charge in [0.25, 0.3) is 5.78 Å². The Hall–Kier alpha value is -2.71. The van der Waals surface area contributed by atoms with Gasteiger partial charge < -0.3 is 15.0 Å². The molecule has 1 atom stereocenters. The zero-order chi connectivity index (χ0) is 21.2. The topological polar surface area (TPSA) is 102 Å². The zero-order valence-corrected chi connectivity index (χ0v) is 17.9. The summed E-state index contributed by atoms with van der Waals surface area (Å²) in [7, 11) is 0. The van der Waals surface area contributed by atoms with Crippen LogP contribution in [0.3, 0.4) is 0 Å². The second-order valence-electron chi connectivity index (χ2n) is 8.58. The first-order chi connectivity index (χ1) is 13.6. The third-order valence-electron chi connectivity index (χ3n) is 4.80. The van der Waals surface area contributed by atoms with Crippen LogP contribution in [0.5, 0.6) is 0 Å². The molecule has 158 valence electrons. The summed E-state index contributed by atoms with van der Waals surface area (Å²) in [6.45, 7) is 10.4. The minimum absolute atomic E-state index is 0.0361. The first-order valence-corrected chi connectivity index (χ1v) is 10.1. The molecule has 9 nitrogen and oxygen atoms in total. The van der Waals surface area contributed by atoms with Gasteiger partial charge in [0.1, 0.15) is 5.60 Å². The Kier molecular flexibility index (Phi) is 6.04. The number of rotatable bonds is 4. The summed E-state index contributed by atoms with van der Waals surface area (Å²) < 4.78 is 6.95. The summed E-state index contributed by atoms with van der Waals surface area (Å²) in [6.07, 6.45) is 2.48. The van der Waals surface area contributed by atoms with Gasteiger partial charge in [-0.1, -0.05) is 0 Å². The first-order valence-electron chi connectivity index (χ1n) is 10.1. The van der Waals surface area contributed by atoms with Crippen molar-refractivity contribution in [1.82, 2.24) is 29.8 Å². The molecule has 1 fully saturated rings. The molecule has 29 heavy (non-hydrogen) atoms. The number of fused-ring (bicyclic) bond motifs is 1. The maximum atomic E-state index is 13.0. The van der Waals surface area contributed by atoms with Gasteiger partial charge in [-0.05, 0) is 59.9 Å². The van der Waals surface area contributed by atoms with Crippen molar-refractivity contribution in [3.05, 3.63) is 23.3 Å². The van der Waals surface area contributed by atoms with E-state index in [4.69, 9.17) is 4.74 Å². The predicted molar refractivity (Wildman–Crippen MR) is 108 cm³/mol. The summed E-state index contributed by atoms with van der Waals surface area (Å²) in [5.74, 6) is 0.929. The van der Waals surface area contributed by atoms with Gasteiger partial charge in [0, 0.05) is 30.5 Å². The number of piperidine rings is 1. The minimum atomic E-state index is -0.550.